The number of nitrogens with zero attached hydrogens (tertiary/aromatic N) is 1. The molecule has 1 N–H and O–H groups in total. The van der Waals surface area contributed by atoms with Crippen LogP contribution in [0.25, 0.3) is 6.08 Å². The Bertz CT molecular complexity index is 914. The van der Waals surface area contributed by atoms with Gasteiger partial charge in [0.15, 0.2) is 11.5 Å². The van der Waals surface area contributed by atoms with E-state index in [4.69, 9.17) is 9.47 Å². The quantitative estimate of drug-likeness (QED) is 0.831. The van der Waals surface area contributed by atoms with Crippen molar-refractivity contribution in [3.63, 3.8) is 0 Å². The van der Waals surface area contributed by atoms with E-state index in [9.17, 15) is 9.59 Å². The molecule has 0 saturated carbocycles. The number of hydrogen-bond acceptors (Lipinski definition) is 4. The lowest BCUT2D eigenvalue weighted by Gasteiger charge is -2.27. The summed E-state index contributed by atoms with van der Waals surface area (Å²) in [4.78, 5) is 26.4. The van der Waals surface area contributed by atoms with Crippen LogP contribution >= 0.6 is 0 Å². The van der Waals surface area contributed by atoms with Crippen LogP contribution in [0.5, 0.6) is 5.75 Å². The molecule has 0 spiro atoms. The van der Waals surface area contributed by atoms with Gasteiger partial charge in [-0.05, 0) is 48.7 Å². The lowest BCUT2D eigenvalue weighted by molar-refractivity contribution is -0.117. The van der Waals surface area contributed by atoms with Crippen molar-refractivity contribution in [1.82, 2.24) is 5.32 Å². The Labute approximate surface area is 163 Å². The summed E-state index contributed by atoms with van der Waals surface area (Å²) in [6, 6.07) is 14.5. The molecule has 2 aromatic carbocycles. The molecule has 28 heavy (non-hydrogen) atoms. The van der Waals surface area contributed by atoms with Crippen molar-refractivity contribution in [3.05, 3.63) is 65.4 Å². The average Bonchev–Trinajstić information content (AvgIpc) is 3.24. The van der Waals surface area contributed by atoms with Crippen molar-refractivity contribution in [1.29, 1.82) is 0 Å². The largest absolute Gasteiger partial charge is 0.449 e. The molecule has 2 amide bonds. The molecule has 6 heteroatoms. The van der Waals surface area contributed by atoms with Crippen LogP contribution in [0, 0.1) is 0 Å². The zero-order valence-electron chi connectivity index (χ0n) is 15.7. The first-order valence-corrected chi connectivity index (χ1v) is 9.38. The van der Waals surface area contributed by atoms with Crippen molar-refractivity contribution in [2.45, 2.75) is 18.9 Å². The molecule has 0 radical (unpaired) electrons. The highest BCUT2D eigenvalue weighted by molar-refractivity contribution is 6.09. The minimum atomic E-state index is -0.211. The highest BCUT2D eigenvalue weighted by Crippen LogP contribution is 2.34. The lowest BCUT2D eigenvalue weighted by Crippen LogP contribution is -2.33. The van der Waals surface area contributed by atoms with Gasteiger partial charge >= 0.3 is 0 Å². The van der Waals surface area contributed by atoms with Gasteiger partial charge in [0.05, 0.1) is 11.8 Å². The summed E-state index contributed by atoms with van der Waals surface area (Å²) in [7, 11) is 1.72. The molecule has 2 heterocycles. The van der Waals surface area contributed by atoms with Crippen LogP contribution in [0.15, 0.2) is 54.3 Å². The Balaban J connectivity index is 1.45. The van der Waals surface area contributed by atoms with Gasteiger partial charge in [0.2, 0.25) is 0 Å². The van der Waals surface area contributed by atoms with Crippen molar-refractivity contribution in [2.75, 3.05) is 25.1 Å². The molecular formula is C22H22N2O4. The molecule has 4 rings (SSSR count). The maximum atomic E-state index is 12.5. The molecule has 1 atom stereocenters. The van der Waals surface area contributed by atoms with E-state index < -0.39 is 0 Å². The van der Waals surface area contributed by atoms with Crippen LogP contribution in [0.4, 0.5) is 5.69 Å². The predicted molar refractivity (Wildman–Crippen MR) is 106 cm³/mol. The number of hydrogen-bond donors (Lipinski definition) is 1. The second kappa shape index (κ2) is 7.86. The number of nitrogens with one attached hydrogen (secondary N) is 1. The van der Waals surface area contributed by atoms with Gasteiger partial charge in [0, 0.05) is 25.8 Å². The van der Waals surface area contributed by atoms with Gasteiger partial charge in [-0.25, -0.2) is 0 Å². The standard InChI is InChI=1S/C22H22N2O4/c1-24-18-6-2-3-7-19(18)28-20(22(24)26)13-15-8-10-16(11-9-15)21(25)23-14-17-5-4-12-27-17/h2-3,6-11,13,17H,4-5,12,14H2,1H3,(H,23,25)/b20-13-/t17-/m0/s1. The molecule has 0 bridgehead atoms. The number of benzene rings is 2. The maximum Gasteiger partial charge on any atom is 0.293 e. The number of likely N-dealkylation sites (N-methyl/N-ethyl adjacent to an activating group) is 1. The van der Waals surface area contributed by atoms with Crippen molar-refractivity contribution >= 4 is 23.6 Å². The number of carbonyl (C=O) groups excluding carboxylic acids is 2. The second-order valence-corrected chi connectivity index (χ2v) is 6.91. The molecule has 0 aliphatic carbocycles. The van der Waals surface area contributed by atoms with E-state index >= 15 is 0 Å². The van der Waals surface area contributed by atoms with Gasteiger partial charge in [-0.15, -0.1) is 0 Å². The van der Waals surface area contributed by atoms with Gasteiger partial charge in [0.1, 0.15) is 0 Å². The van der Waals surface area contributed by atoms with E-state index in [1.807, 2.05) is 24.3 Å². The first-order valence-electron chi connectivity index (χ1n) is 9.38. The molecule has 1 fully saturated rings. The smallest absolute Gasteiger partial charge is 0.293 e. The summed E-state index contributed by atoms with van der Waals surface area (Å²) in [6.07, 6.45) is 3.83. The number of anilines is 1. The number of rotatable bonds is 4. The first-order chi connectivity index (χ1) is 13.6. The SMILES string of the molecule is CN1C(=O)/C(=C/c2ccc(C(=O)NC[C@@H]3CCCO3)cc2)Oc2ccccc21. The fraction of sp³-hybridized carbons (Fsp3) is 0.273. The zero-order chi connectivity index (χ0) is 19.5. The Morgan fingerprint density at radius 1 is 1.21 bits per heavy atom. The summed E-state index contributed by atoms with van der Waals surface area (Å²) in [5.74, 6) is 0.545. The molecule has 0 aromatic heterocycles. The summed E-state index contributed by atoms with van der Waals surface area (Å²) in [5, 5.41) is 2.90. The number of para-hydroxylation sites is 2. The van der Waals surface area contributed by atoms with Gasteiger partial charge in [-0.3, -0.25) is 9.59 Å². The molecule has 144 valence electrons. The summed E-state index contributed by atoms with van der Waals surface area (Å²) >= 11 is 0. The Morgan fingerprint density at radius 2 is 2.00 bits per heavy atom. The van der Waals surface area contributed by atoms with Crippen molar-refractivity contribution < 1.29 is 19.1 Å². The van der Waals surface area contributed by atoms with Gasteiger partial charge in [-0.2, -0.15) is 0 Å². The third-order valence-corrected chi connectivity index (χ3v) is 4.95. The fourth-order valence-electron chi connectivity index (χ4n) is 3.34. The molecule has 2 aliphatic heterocycles. The van der Waals surface area contributed by atoms with Crippen LogP contribution in [-0.2, 0) is 9.53 Å². The molecule has 2 aliphatic rings. The Hall–Kier alpha value is -3.12. The number of fused-ring (bicyclic) bond motifs is 1. The van der Waals surface area contributed by atoms with Crippen LogP contribution in [0.2, 0.25) is 0 Å². The summed E-state index contributed by atoms with van der Waals surface area (Å²) in [5.41, 5.74) is 2.09. The lowest BCUT2D eigenvalue weighted by atomic mass is 10.1. The fourth-order valence-corrected chi connectivity index (χ4v) is 3.34. The van der Waals surface area contributed by atoms with Crippen molar-refractivity contribution in [2.24, 2.45) is 0 Å². The Morgan fingerprint density at radius 3 is 2.75 bits per heavy atom. The average molecular weight is 378 g/mol. The van der Waals surface area contributed by atoms with Gasteiger partial charge in [-0.1, -0.05) is 24.3 Å². The highest BCUT2D eigenvalue weighted by Gasteiger charge is 2.27. The summed E-state index contributed by atoms with van der Waals surface area (Å²) < 4.78 is 11.3. The highest BCUT2D eigenvalue weighted by atomic mass is 16.5. The van der Waals surface area contributed by atoms with Gasteiger partial charge in [0.25, 0.3) is 11.8 Å². The molecular weight excluding hydrogens is 356 g/mol. The molecule has 0 unspecified atom stereocenters. The van der Waals surface area contributed by atoms with Crippen molar-refractivity contribution in [3.8, 4) is 5.75 Å². The second-order valence-electron chi connectivity index (χ2n) is 6.91. The topological polar surface area (TPSA) is 67.9 Å². The minimum absolute atomic E-state index is 0.113. The normalized spacial score (nSPS) is 20.0. The molecule has 6 nitrogen and oxygen atoms in total. The minimum Gasteiger partial charge on any atom is -0.449 e. The van der Waals surface area contributed by atoms with E-state index in [2.05, 4.69) is 5.32 Å². The first kappa shape index (κ1) is 18.3. The van der Waals surface area contributed by atoms with E-state index in [0.29, 0.717) is 17.9 Å². The third kappa shape index (κ3) is 3.77. The maximum absolute atomic E-state index is 12.5. The zero-order valence-corrected chi connectivity index (χ0v) is 15.7. The number of carbonyl (C=O) groups is 2. The van der Waals surface area contributed by atoms with Crippen LogP contribution in [0.1, 0.15) is 28.8 Å². The summed E-state index contributed by atoms with van der Waals surface area (Å²) in [6.45, 7) is 1.29. The monoisotopic (exact) mass is 378 g/mol. The third-order valence-electron chi connectivity index (χ3n) is 4.95. The molecule has 2 aromatic rings. The predicted octanol–water partition coefficient (Wildman–Crippen LogP) is 2.99. The van der Waals surface area contributed by atoms with E-state index in [1.54, 1.807) is 42.3 Å². The Kier molecular flexibility index (Phi) is 5.12. The van der Waals surface area contributed by atoms with E-state index in [1.165, 1.54) is 0 Å². The van der Waals surface area contributed by atoms with Gasteiger partial charge < -0.3 is 19.7 Å². The van der Waals surface area contributed by atoms with E-state index in [-0.39, 0.29) is 23.7 Å². The number of amides is 2. The van der Waals surface area contributed by atoms with E-state index in [0.717, 1.165) is 30.7 Å². The van der Waals surface area contributed by atoms with Crippen LogP contribution in [0.3, 0.4) is 0 Å². The number of ether oxygens (including phenoxy) is 2. The molecule has 1 saturated heterocycles. The van der Waals surface area contributed by atoms with Crippen LogP contribution in [-0.4, -0.2) is 38.1 Å². The van der Waals surface area contributed by atoms with Crippen LogP contribution < -0.4 is 15.0 Å².